The van der Waals surface area contributed by atoms with Crippen LogP contribution in [0, 0.1) is 6.92 Å². The van der Waals surface area contributed by atoms with E-state index >= 15 is 0 Å². The molecular weight excluding hydrogens is 292 g/mol. The van der Waals surface area contributed by atoms with Gasteiger partial charge in [0.2, 0.25) is 5.91 Å². The van der Waals surface area contributed by atoms with E-state index < -0.39 is 5.60 Å². The van der Waals surface area contributed by atoms with E-state index in [4.69, 9.17) is 4.74 Å². The first-order valence-corrected chi connectivity index (χ1v) is 8.46. The average molecular weight is 318 g/mol. The fourth-order valence-electron chi connectivity index (χ4n) is 3.30. The molecular formula is C18H26N2O3. The number of hydrogen-bond acceptors (Lipinski definition) is 4. The third-order valence-electron chi connectivity index (χ3n) is 4.76. The van der Waals surface area contributed by atoms with Gasteiger partial charge in [-0.3, -0.25) is 9.69 Å². The first kappa shape index (κ1) is 16.3. The minimum Gasteiger partial charge on any atom is -0.491 e. The minimum absolute atomic E-state index is 0.186. The summed E-state index contributed by atoms with van der Waals surface area (Å²) in [6.07, 6.45) is 2.87. The fourth-order valence-corrected chi connectivity index (χ4v) is 3.30. The smallest absolute Gasteiger partial charge is 0.236 e. The van der Waals surface area contributed by atoms with Crippen molar-refractivity contribution in [3.8, 4) is 5.75 Å². The Morgan fingerprint density at radius 3 is 2.61 bits per heavy atom. The van der Waals surface area contributed by atoms with Crippen molar-refractivity contribution in [3.05, 3.63) is 29.8 Å². The number of carbonyl (C=O) groups excluding carboxylic acids is 1. The highest BCUT2D eigenvalue weighted by Crippen LogP contribution is 2.23. The summed E-state index contributed by atoms with van der Waals surface area (Å²) < 4.78 is 5.73. The van der Waals surface area contributed by atoms with Gasteiger partial charge in [-0.2, -0.15) is 0 Å². The SMILES string of the molecule is Cc1ccc(OC[C@]2(O)CCN(CC(=O)N3CCCC3)C2)cc1. The van der Waals surface area contributed by atoms with Crippen LogP contribution in [0.25, 0.3) is 0 Å². The van der Waals surface area contributed by atoms with Crippen molar-refractivity contribution >= 4 is 5.91 Å². The van der Waals surface area contributed by atoms with Gasteiger partial charge in [0.05, 0.1) is 6.54 Å². The summed E-state index contributed by atoms with van der Waals surface area (Å²) in [4.78, 5) is 16.2. The van der Waals surface area contributed by atoms with Gasteiger partial charge < -0.3 is 14.7 Å². The zero-order valence-electron chi connectivity index (χ0n) is 13.8. The Morgan fingerprint density at radius 1 is 1.22 bits per heavy atom. The Hall–Kier alpha value is -1.59. The average Bonchev–Trinajstić information content (AvgIpc) is 3.17. The molecule has 2 aliphatic heterocycles. The topological polar surface area (TPSA) is 53.0 Å². The van der Waals surface area contributed by atoms with Crippen LogP contribution < -0.4 is 4.74 Å². The molecule has 1 amide bonds. The lowest BCUT2D eigenvalue weighted by Gasteiger charge is -2.24. The number of amides is 1. The maximum absolute atomic E-state index is 12.2. The summed E-state index contributed by atoms with van der Waals surface area (Å²) in [6, 6.07) is 7.83. The molecule has 0 unspecified atom stereocenters. The number of rotatable bonds is 5. The monoisotopic (exact) mass is 318 g/mol. The maximum Gasteiger partial charge on any atom is 0.236 e. The Morgan fingerprint density at radius 2 is 1.91 bits per heavy atom. The second-order valence-electron chi connectivity index (χ2n) is 6.87. The Labute approximate surface area is 137 Å². The first-order valence-electron chi connectivity index (χ1n) is 8.46. The molecule has 1 aromatic carbocycles. The van der Waals surface area contributed by atoms with E-state index in [0.717, 1.165) is 38.2 Å². The molecule has 0 radical (unpaired) electrons. The quantitative estimate of drug-likeness (QED) is 0.892. The molecule has 23 heavy (non-hydrogen) atoms. The van der Waals surface area contributed by atoms with E-state index in [-0.39, 0.29) is 12.5 Å². The molecule has 0 spiro atoms. The first-order chi connectivity index (χ1) is 11.0. The second kappa shape index (κ2) is 6.89. The Kier molecular flexibility index (Phi) is 4.87. The summed E-state index contributed by atoms with van der Waals surface area (Å²) in [6.45, 7) is 5.72. The molecule has 0 bridgehead atoms. The Balaban J connectivity index is 1.47. The number of ether oxygens (including phenoxy) is 1. The predicted octanol–water partition coefficient (Wildman–Crippen LogP) is 1.43. The van der Waals surface area contributed by atoms with Crippen LogP contribution in [0.5, 0.6) is 5.75 Å². The van der Waals surface area contributed by atoms with Crippen molar-refractivity contribution in [1.82, 2.24) is 9.80 Å². The van der Waals surface area contributed by atoms with Gasteiger partial charge in [-0.05, 0) is 38.3 Å². The van der Waals surface area contributed by atoms with Crippen molar-refractivity contribution in [2.24, 2.45) is 0 Å². The molecule has 2 fully saturated rings. The highest BCUT2D eigenvalue weighted by Gasteiger charge is 2.38. The molecule has 2 saturated heterocycles. The Bertz CT molecular complexity index is 540. The van der Waals surface area contributed by atoms with Crippen LogP contribution in [-0.2, 0) is 4.79 Å². The lowest BCUT2D eigenvalue weighted by molar-refractivity contribution is -0.131. The zero-order valence-corrected chi connectivity index (χ0v) is 13.8. The number of likely N-dealkylation sites (tertiary alicyclic amines) is 2. The molecule has 5 heteroatoms. The predicted molar refractivity (Wildman–Crippen MR) is 88.5 cm³/mol. The molecule has 0 saturated carbocycles. The van der Waals surface area contributed by atoms with Gasteiger partial charge in [-0.15, -0.1) is 0 Å². The van der Waals surface area contributed by atoms with Gasteiger partial charge in [0.1, 0.15) is 18.0 Å². The van der Waals surface area contributed by atoms with Crippen molar-refractivity contribution in [1.29, 1.82) is 0 Å². The van der Waals surface area contributed by atoms with Gasteiger partial charge in [0.15, 0.2) is 0 Å². The molecule has 1 atom stereocenters. The standard InChI is InChI=1S/C18H26N2O3/c1-15-4-6-16(7-5-15)23-14-18(22)8-11-19(13-18)12-17(21)20-9-2-3-10-20/h4-7,22H,2-3,8-14H2,1H3/t18-/m0/s1. The summed E-state index contributed by atoms with van der Waals surface area (Å²) in [7, 11) is 0. The third-order valence-corrected chi connectivity index (χ3v) is 4.76. The van der Waals surface area contributed by atoms with Gasteiger partial charge in [-0.25, -0.2) is 0 Å². The zero-order chi connectivity index (χ0) is 16.3. The molecule has 5 nitrogen and oxygen atoms in total. The van der Waals surface area contributed by atoms with Crippen LogP contribution in [0.3, 0.4) is 0 Å². The van der Waals surface area contributed by atoms with E-state index in [2.05, 4.69) is 0 Å². The summed E-state index contributed by atoms with van der Waals surface area (Å²) >= 11 is 0. The highest BCUT2D eigenvalue weighted by molar-refractivity contribution is 5.78. The van der Waals surface area contributed by atoms with Crippen molar-refractivity contribution in [3.63, 3.8) is 0 Å². The molecule has 0 aliphatic carbocycles. The number of β-amino-alcohol motifs (C(OH)–C–C–N with tert-alkyl or cyclic N) is 1. The van der Waals surface area contributed by atoms with E-state index in [0.29, 0.717) is 19.5 Å². The summed E-state index contributed by atoms with van der Waals surface area (Å²) in [5.74, 6) is 0.960. The summed E-state index contributed by atoms with van der Waals surface area (Å²) in [5, 5.41) is 10.7. The lowest BCUT2D eigenvalue weighted by Crippen LogP contribution is -2.42. The van der Waals surface area contributed by atoms with Gasteiger partial charge in [-0.1, -0.05) is 17.7 Å². The molecule has 0 aromatic heterocycles. The van der Waals surface area contributed by atoms with Gasteiger partial charge >= 0.3 is 0 Å². The minimum atomic E-state index is -0.865. The molecule has 126 valence electrons. The maximum atomic E-state index is 12.2. The molecule has 2 aliphatic rings. The lowest BCUT2D eigenvalue weighted by atomic mass is 10.1. The number of carbonyl (C=O) groups is 1. The third kappa shape index (κ3) is 4.24. The van der Waals surface area contributed by atoms with Crippen molar-refractivity contribution in [2.75, 3.05) is 39.3 Å². The molecule has 1 N–H and O–H groups in total. The number of aryl methyl sites for hydroxylation is 1. The number of aliphatic hydroxyl groups is 1. The largest absolute Gasteiger partial charge is 0.491 e. The van der Waals surface area contributed by atoms with Crippen molar-refractivity contribution in [2.45, 2.75) is 31.8 Å². The summed E-state index contributed by atoms with van der Waals surface area (Å²) in [5.41, 5.74) is 0.319. The highest BCUT2D eigenvalue weighted by atomic mass is 16.5. The van der Waals surface area contributed by atoms with Gasteiger partial charge in [0.25, 0.3) is 0 Å². The number of hydrogen-bond donors (Lipinski definition) is 1. The van der Waals surface area contributed by atoms with Crippen LogP contribution >= 0.6 is 0 Å². The number of benzene rings is 1. The van der Waals surface area contributed by atoms with Crippen LogP contribution in [0.4, 0.5) is 0 Å². The van der Waals surface area contributed by atoms with E-state index in [1.54, 1.807) is 0 Å². The van der Waals surface area contributed by atoms with E-state index in [1.807, 2.05) is 41.0 Å². The van der Waals surface area contributed by atoms with E-state index in [9.17, 15) is 9.90 Å². The van der Waals surface area contributed by atoms with E-state index in [1.165, 1.54) is 5.56 Å². The second-order valence-corrected chi connectivity index (χ2v) is 6.87. The fraction of sp³-hybridized carbons (Fsp3) is 0.611. The normalized spacial score (nSPS) is 25.0. The molecule has 2 heterocycles. The van der Waals surface area contributed by atoms with Crippen LogP contribution in [0.1, 0.15) is 24.8 Å². The van der Waals surface area contributed by atoms with Gasteiger partial charge in [0, 0.05) is 26.2 Å². The molecule has 1 aromatic rings. The van der Waals surface area contributed by atoms with Crippen molar-refractivity contribution < 1.29 is 14.6 Å². The van der Waals surface area contributed by atoms with Crippen LogP contribution in [0.2, 0.25) is 0 Å². The molecule has 3 rings (SSSR count). The van der Waals surface area contributed by atoms with Crippen LogP contribution in [-0.4, -0.2) is 65.7 Å². The number of nitrogens with zero attached hydrogens (tertiary/aromatic N) is 2. The van der Waals surface area contributed by atoms with Crippen LogP contribution in [0.15, 0.2) is 24.3 Å².